The molecule has 9 heteroatoms. The number of nitrogens with one attached hydrogen (secondary N) is 1. The van der Waals surface area contributed by atoms with Crippen LogP contribution >= 0.6 is 0 Å². The molecule has 2 fully saturated rings. The molecule has 174 valence electrons. The van der Waals surface area contributed by atoms with E-state index in [-0.39, 0.29) is 0 Å². The molecule has 33 heavy (non-hydrogen) atoms. The van der Waals surface area contributed by atoms with Crippen molar-refractivity contribution in [3.63, 3.8) is 0 Å². The molecule has 5 rings (SSSR count). The zero-order valence-corrected chi connectivity index (χ0v) is 19.4. The molecule has 0 aromatic carbocycles. The molecule has 2 aromatic rings. The van der Waals surface area contributed by atoms with Gasteiger partial charge in [-0.1, -0.05) is 0 Å². The van der Waals surface area contributed by atoms with Crippen molar-refractivity contribution in [1.29, 1.82) is 0 Å². The third kappa shape index (κ3) is 4.71. The molecule has 3 aliphatic heterocycles. The molecule has 3 aliphatic rings. The lowest BCUT2D eigenvalue weighted by Crippen LogP contribution is -2.45. The summed E-state index contributed by atoms with van der Waals surface area (Å²) in [4.78, 5) is 22.7. The van der Waals surface area contributed by atoms with Crippen molar-refractivity contribution in [3.8, 4) is 0 Å². The summed E-state index contributed by atoms with van der Waals surface area (Å²) in [5, 5.41) is 14.6. The molecule has 1 unspecified atom stereocenters. The van der Waals surface area contributed by atoms with E-state index in [9.17, 15) is 5.11 Å². The molecule has 9 nitrogen and oxygen atoms in total. The Morgan fingerprint density at radius 3 is 2.03 bits per heavy atom. The van der Waals surface area contributed by atoms with E-state index in [0.717, 1.165) is 75.1 Å². The first-order valence-electron chi connectivity index (χ1n) is 11.6. The van der Waals surface area contributed by atoms with Crippen molar-refractivity contribution in [2.75, 3.05) is 76.3 Å². The van der Waals surface area contributed by atoms with Gasteiger partial charge in [-0.3, -0.25) is 9.97 Å². The Hall–Kier alpha value is -3.01. The highest BCUT2D eigenvalue weighted by Gasteiger charge is 2.33. The minimum absolute atomic E-state index is 0.469. The first kappa shape index (κ1) is 21.8. The van der Waals surface area contributed by atoms with Crippen LogP contribution in [0, 0.1) is 0 Å². The fraction of sp³-hybridized carbons (Fsp3) is 0.458. The van der Waals surface area contributed by atoms with Gasteiger partial charge in [0.1, 0.15) is 5.69 Å². The molecular weight excluding hydrogens is 416 g/mol. The van der Waals surface area contributed by atoms with Crippen LogP contribution in [0.3, 0.4) is 0 Å². The number of anilines is 2. The summed E-state index contributed by atoms with van der Waals surface area (Å²) in [6.45, 7) is 7.98. The van der Waals surface area contributed by atoms with Gasteiger partial charge >= 0.3 is 0 Å². The molecule has 2 N–H and O–H groups in total. The van der Waals surface area contributed by atoms with Crippen LogP contribution in [0.2, 0.25) is 0 Å². The number of allylic oxidation sites excluding steroid dienone is 1. The maximum atomic E-state index is 11.4. The normalized spacial score (nSPS) is 24.5. The van der Waals surface area contributed by atoms with Crippen molar-refractivity contribution in [2.24, 2.45) is 4.99 Å². The van der Waals surface area contributed by atoms with Crippen molar-refractivity contribution in [2.45, 2.75) is 5.85 Å². The highest BCUT2D eigenvalue weighted by Crippen LogP contribution is 2.29. The zero-order chi connectivity index (χ0) is 22.8. The van der Waals surface area contributed by atoms with Crippen molar-refractivity contribution >= 4 is 23.3 Å². The Balaban J connectivity index is 1.35. The first-order chi connectivity index (χ1) is 16.0. The lowest BCUT2D eigenvalue weighted by molar-refractivity contribution is 0.0223. The summed E-state index contributed by atoms with van der Waals surface area (Å²) < 4.78 is 0. The predicted molar refractivity (Wildman–Crippen MR) is 131 cm³/mol. The second-order valence-corrected chi connectivity index (χ2v) is 9.03. The van der Waals surface area contributed by atoms with Crippen LogP contribution in [0.25, 0.3) is 5.70 Å². The van der Waals surface area contributed by atoms with Crippen LogP contribution in [0.4, 0.5) is 11.4 Å². The number of nitrogens with zero attached hydrogens (tertiary/aromatic N) is 7. The lowest BCUT2D eigenvalue weighted by Gasteiger charge is -2.35. The number of aliphatic imine (C=N–C) groups is 1. The maximum Gasteiger partial charge on any atom is 0.279 e. The minimum Gasteiger partial charge on any atom is -0.369 e. The molecule has 2 aromatic heterocycles. The highest BCUT2D eigenvalue weighted by atomic mass is 16.3. The molecule has 0 aliphatic carbocycles. The monoisotopic (exact) mass is 448 g/mol. The predicted octanol–water partition coefficient (Wildman–Crippen LogP) is 0.798. The molecule has 0 saturated carbocycles. The van der Waals surface area contributed by atoms with Crippen molar-refractivity contribution in [1.82, 2.24) is 25.1 Å². The van der Waals surface area contributed by atoms with Crippen LogP contribution in [-0.2, 0) is 5.85 Å². The molecule has 0 spiro atoms. The molecule has 1 atom stereocenters. The van der Waals surface area contributed by atoms with E-state index in [1.807, 2.05) is 30.5 Å². The SMILES string of the molecule is CN1CCN(c2ccnc(C3=CC=NC(O)(c4cc(N5CCN(C)CC5)ccn4)N3)c2)CC1. The van der Waals surface area contributed by atoms with Gasteiger partial charge in [-0.05, 0) is 44.4 Å². The summed E-state index contributed by atoms with van der Waals surface area (Å²) in [6, 6.07) is 8.02. The average Bonchev–Trinajstić information content (AvgIpc) is 2.85. The van der Waals surface area contributed by atoms with Gasteiger partial charge in [0.2, 0.25) is 0 Å². The Labute approximate surface area is 195 Å². The van der Waals surface area contributed by atoms with Crippen LogP contribution < -0.4 is 15.1 Å². The largest absolute Gasteiger partial charge is 0.369 e. The third-order valence-electron chi connectivity index (χ3n) is 6.67. The van der Waals surface area contributed by atoms with Crippen molar-refractivity contribution in [3.05, 3.63) is 54.1 Å². The minimum atomic E-state index is -1.64. The zero-order valence-electron chi connectivity index (χ0n) is 19.4. The number of hydrogen-bond donors (Lipinski definition) is 2. The number of aliphatic hydroxyl groups is 1. The van der Waals surface area contributed by atoms with Gasteiger partial charge in [0.05, 0.1) is 11.4 Å². The van der Waals surface area contributed by atoms with E-state index in [1.54, 1.807) is 12.4 Å². The quantitative estimate of drug-likeness (QED) is 0.711. The first-order valence-corrected chi connectivity index (χ1v) is 11.6. The Morgan fingerprint density at radius 2 is 1.39 bits per heavy atom. The second kappa shape index (κ2) is 9.09. The Kier molecular flexibility index (Phi) is 6.01. The molecule has 0 bridgehead atoms. The van der Waals surface area contributed by atoms with Gasteiger partial charge in [-0.2, -0.15) is 0 Å². The fourth-order valence-electron chi connectivity index (χ4n) is 4.46. The number of hydrogen-bond acceptors (Lipinski definition) is 9. The highest BCUT2D eigenvalue weighted by molar-refractivity contribution is 5.85. The number of likely N-dealkylation sites (N-methyl/N-ethyl adjacent to an activating group) is 2. The van der Waals surface area contributed by atoms with E-state index in [2.05, 4.69) is 60.0 Å². The van der Waals surface area contributed by atoms with E-state index in [4.69, 9.17) is 0 Å². The molecular formula is C24H32N8O. The topological polar surface area (TPSA) is 83.4 Å². The van der Waals surface area contributed by atoms with Gasteiger partial charge in [0.15, 0.2) is 0 Å². The molecule has 0 amide bonds. The van der Waals surface area contributed by atoms with Crippen LogP contribution in [0.1, 0.15) is 11.4 Å². The lowest BCUT2D eigenvalue weighted by atomic mass is 10.1. The second-order valence-electron chi connectivity index (χ2n) is 9.03. The maximum absolute atomic E-state index is 11.4. The smallest absolute Gasteiger partial charge is 0.279 e. The third-order valence-corrected chi connectivity index (χ3v) is 6.67. The number of pyridine rings is 2. The average molecular weight is 449 g/mol. The summed E-state index contributed by atoms with van der Waals surface area (Å²) in [5.41, 5.74) is 4.14. The molecule has 2 saturated heterocycles. The van der Waals surface area contributed by atoms with Crippen LogP contribution in [0.5, 0.6) is 0 Å². The molecule has 0 radical (unpaired) electrons. The van der Waals surface area contributed by atoms with Crippen LogP contribution in [-0.4, -0.2) is 97.5 Å². The summed E-state index contributed by atoms with van der Waals surface area (Å²) >= 11 is 0. The standard InChI is InChI=1S/C24H32N8O/c1-29-9-13-31(14-10-29)19-3-6-25-22(17-19)21-5-8-27-24(33,28-21)23-18-20(4-7-26-23)32-15-11-30(2)12-16-32/h3-8,17-18,28,33H,9-16H2,1-2H3. The number of piperazine rings is 2. The Morgan fingerprint density at radius 1 is 0.818 bits per heavy atom. The fourth-order valence-corrected chi connectivity index (χ4v) is 4.46. The van der Waals surface area contributed by atoms with Gasteiger partial charge in [0, 0.05) is 82.3 Å². The van der Waals surface area contributed by atoms with E-state index < -0.39 is 5.85 Å². The van der Waals surface area contributed by atoms with Gasteiger partial charge in [-0.25, -0.2) is 4.99 Å². The van der Waals surface area contributed by atoms with Gasteiger partial charge < -0.3 is 30.0 Å². The van der Waals surface area contributed by atoms with E-state index in [1.165, 1.54) is 0 Å². The summed E-state index contributed by atoms with van der Waals surface area (Å²) in [5.74, 6) is -1.64. The van der Waals surface area contributed by atoms with E-state index in [0.29, 0.717) is 5.69 Å². The Bertz CT molecular complexity index is 1040. The van der Waals surface area contributed by atoms with Crippen molar-refractivity contribution < 1.29 is 5.11 Å². The van der Waals surface area contributed by atoms with Gasteiger partial charge in [-0.15, -0.1) is 0 Å². The summed E-state index contributed by atoms with van der Waals surface area (Å²) in [7, 11) is 4.29. The molecule has 5 heterocycles. The van der Waals surface area contributed by atoms with Crippen LogP contribution in [0.15, 0.2) is 47.7 Å². The van der Waals surface area contributed by atoms with E-state index >= 15 is 0 Å². The summed E-state index contributed by atoms with van der Waals surface area (Å²) in [6.07, 6.45) is 7.03. The number of rotatable bonds is 4. The van der Waals surface area contributed by atoms with Gasteiger partial charge in [0.25, 0.3) is 5.85 Å². The number of aromatic nitrogens is 2.